The van der Waals surface area contributed by atoms with Crippen LogP contribution in [0.15, 0.2) is 59.6 Å². The minimum absolute atomic E-state index is 0.795. The van der Waals surface area contributed by atoms with E-state index in [-0.39, 0.29) is 0 Å². The van der Waals surface area contributed by atoms with Crippen molar-refractivity contribution in [2.24, 2.45) is 4.99 Å². The SMILES string of the molecule is COc1ccc(-n2c(C)cc(C=Nc3ccc(N4CCOCC4)cc3)c2C)cc1. The minimum Gasteiger partial charge on any atom is -0.497 e. The topological polar surface area (TPSA) is 39.0 Å². The van der Waals surface area contributed by atoms with Gasteiger partial charge in [0.2, 0.25) is 0 Å². The third-order valence-electron chi connectivity index (χ3n) is 5.38. The van der Waals surface area contributed by atoms with Gasteiger partial charge in [-0.2, -0.15) is 0 Å². The number of morpholine rings is 1. The fourth-order valence-electron chi connectivity index (χ4n) is 3.76. The monoisotopic (exact) mass is 389 g/mol. The van der Waals surface area contributed by atoms with E-state index in [1.807, 2.05) is 18.3 Å². The number of benzene rings is 2. The third-order valence-corrected chi connectivity index (χ3v) is 5.38. The highest BCUT2D eigenvalue weighted by Crippen LogP contribution is 2.24. The highest BCUT2D eigenvalue weighted by atomic mass is 16.5. The predicted molar refractivity (Wildman–Crippen MR) is 119 cm³/mol. The van der Waals surface area contributed by atoms with E-state index in [2.05, 4.69) is 65.8 Å². The van der Waals surface area contributed by atoms with Crippen LogP contribution in [-0.4, -0.2) is 44.2 Å². The van der Waals surface area contributed by atoms with Crippen molar-refractivity contribution in [1.82, 2.24) is 4.57 Å². The number of aromatic nitrogens is 1. The minimum atomic E-state index is 0.795. The maximum Gasteiger partial charge on any atom is 0.119 e. The number of aryl methyl sites for hydroxylation is 1. The molecule has 29 heavy (non-hydrogen) atoms. The predicted octanol–water partition coefficient (Wildman–Crippen LogP) is 4.69. The molecule has 4 rings (SSSR count). The number of aliphatic imine (C=N–C) groups is 1. The summed E-state index contributed by atoms with van der Waals surface area (Å²) in [6, 6.07) is 18.7. The maximum absolute atomic E-state index is 5.43. The highest BCUT2D eigenvalue weighted by molar-refractivity contribution is 5.84. The number of anilines is 1. The Kier molecular flexibility index (Phi) is 5.67. The first kappa shape index (κ1) is 19.3. The van der Waals surface area contributed by atoms with E-state index >= 15 is 0 Å². The summed E-state index contributed by atoms with van der Waals surface area (Å²) in [6.45, 7) is 7.72. The quantitative estimate of drug-likeness (QED) is 0.594. The zero-order valence-electron chi connectivity index (χ0n) is 17.3. The van der Waals surface area contributed by atoms with Gasteiger partial charge in [-0.05, 0) is 68.4 Å². The molecule has 0 bridgehead atoms. The lowest BCUT2D eigenvalue weighted by Gasteiger charge is -2.28. The van der Waals surface area contributed by atoms with E-state index in [9.17, 15) is 0 Å². The zero-order chi connectivity index (χ0) is 20.2. The lowest BCUT2D eigenvalue weighted by molar-refractivity contribution is 0.122. The molecule has 1 aliphatic heterocycles. The molecule has 1 fully saturated rings. The van der Waals surface area contributed by atoms with Crippen LogP contribution in [-0.2, 0) is 4.74 Å². The number of ether oxygens (including phenoxy) is 2. The summed E-state index contributed by atoms with van der Waals surface area (Å²) in [6.07, 6.45) is 1.95. The molecule has 5 heteroatoms. The molecule has 0 N–H and O–H groups in total. The molecule has 1 saturated heterocycles. The number of hydrogen-bond acceptors (Lipinski definition) is 4. The Balaban J connectivity index is 1.52. The molecule has 2 aromatic carbocycles. The molecule has 3 aromatic rings. The lowest BCUT2D eigenvalue weighted by atomic mass is 10.2. The van der Waals surface area contributed by atoms with E-state index in [1.54, 1.807) is 7.11 Å². The van der Waals surface area contributed by atoms with Crippen LogP contribution in [0.2, 0.25) is 0 Å². The van der Waals surface area contributed by atoms with Gasteiger partial charge in [-0.1, -0.05) is 0 Å². The second-order valence-corrected chi connectivity index (χ2v) is 7.23. The molecule has 0 atom stereocenters. The second-order valence-electron chi connectivity index (χ2n) is 7.23. The number of nitrogens with zero attached hydrogens (tertiary/aromatic N) is 3. The molecule has 0 radical (unpaired) electrons. The Morgan fingerprint density at radius 3 is 2.24 bits per heavy atom. The summed E-state index contributed by atoms with van der Waals surface area (Å²) in [4.78, 5) is 7.04. The van der Waals surface area contributed by atoms with Crippen molar-refractivity contribution in [3.63, 3.8) is 0 Å². The number of rotatable bonds is 5. The second kappa shape index (κ2) is 8.53. The van der Waals surface area contributed by atoms with Crippen LogP contribution < -0.4 is 9.64 Å². The van der Waals surface area contributed by atoms with E-state index < -0.39 is 0 Å². The lowest BCUT2D eigenvalue weighted by Crippen LogP contribution is -2.36. The van der Waals surface area contributed by atoms with Gasteiger partial charge in [0.15, 0.2) is 0 Å². The first-order valence-corrected chi connectivity index (χ1v) is 9.96. The Bertz CT molecular complexity index is 982. The van der Waals surface area contributed by atoms with Crippen LogP contribution in [0.4, 0.5) is 11.4 Å². The molecule has 0 amide bonds. The standard InChI is InChI=1S/C24H27N3O2/c1-18-16-20(19(2)27(18)23-8-10-24(28-3)11-9-23)17-25-21-4-6-22(7-5-21)26-12-14-29-15-13-26/h4-11,16-17H,12-15H2,1-3H3. The normalized spacial score (nSPS) is 14.5. The van der Waals surface area contributed by atoms with Gasteiger partial charge in [0.25, 0.3) is 0 Å². The Labute approximate surface area is 172 Å². The summed E-state index contributed by atoms with van der Waals surface area (Å²) >= 11 is 0. The molecule has 5 nitrogen and oxygen atoms in total. The van der Waals surface area contributed by atoms with Gasteiger partial charge >= 0.3 is 0 Å². The van der Waals surface area contributed by atoms with Crippen molar-refractivity contribution >= 4 is 17.6 Å². The van der Waals surface area contributed by atoms with Gasteiger partial charge in [0.05, 0.1) is 26.0 Å². The molecule has 0 saturated carbocycles. The molecule has 1 aliphatic rings. The van der Waals surface area contributed by atoms with Crippen LogP contribution in [0.25, 0.3) is 5.69 Å². The van der Waals surface area contributed by atoms with Gasteiger partial charge in [-0.25, -0.2) is 0 Å². The number of methoxy groups -OCH3 is 1. The highest BCUT2D eigenvalue weighted by Gasteiger charge is 2.11. The molecule has 0 spiro atoms. The van der Waals surface area contributed by atoms with E-state index in [0.29, 0.717) is 0 Å². The Morgan fingerprint density at radius 1 is 0.931 bits per heavy atom. The molecule has 1 aromatic heterocycles. The van der Waals surface area contributed by atoms with E-state index in [1.165, 1.54) is 17.1 Å². The largest absolute Gasteiger partial charge is 0.497 e. The van der Waals surface area contributed by atoms with Crippen LogP contribution in [0, 0.1) is 13.8 Å². The van der Waals surface area contributed by atoms with Crippen LogP contribution in [0.5, 0.6) is 5.75 Å². The van der Waals surface area contributed by atoms with Crippen LogP contribution in [0.1, 0.15) is 17.0 Å². The molecule has 0 unspecified atom stereocenters. The summed E-state index contributed by atoms with van der Waals surface area (Å²) in [7, 11) is 1.68. The van der Waals surface area contributed by atoms with Crippen molar-refractivity contribution in [3.8, 4) is 11.4 Å². The smallest absolute Gasteiger partial charge is 0.119 e. The fraction of sp³-hybridized carbons (Fsp3) is 0.292. The van der Waals surface area contributed by atoms with Gasteiger partial charge in [0, 0.05) is 47.6 Å². The first-order chi connectivity index (χ1) is 14.2. The zero-order valence-corrected chi connectivity index (χ0v) is 17.3. The number of hydrogen-bond donors (Lipinski definition) is 0. The van der Waals surface area contributed by atoms with Gasteiger partial charge in [0.1, 0.15) is 5.75 Å². The third kappa shape index (κ3) is 4.20. The average Bonchev–Trinajstić information content (AvgIpc) is 3.06. The Morgan fingerprint density at radius 2 is 1.59 bits per heavy atom. The van der Waals surface area contributed by atoms with Crippen molar-refractivity contribution < 1.29 is 9.47 Å². The van der Waals surface area contributed by atoms with Crippen LogP contribution in [0.3, 0.4) is 0 Å². The molecular weight excluding hydrogens is 362 g/mol. The van der Waals surface area contributed by atoms with E-state index in [0.717, 1.165) is 49.0 Å². The van der Waals surface area contributed by atoms with E-state index in [4.69, 9.17) is 14.5 Å². The summed E-state index contributed by atoms with van der Waals surface area (Å²) in [5.41, 5.74) is 6.77. The molecule has 150 valence electrons. The summed E-state index contributed by atoms with van der Waals surface area (Å²) in [5.74, 6) is 0.860. The Hall–Kier alpha value is -3.05. The summed E-state index contributed by atoms with van der Waals surface area (Å²) in [5, 5.41) is 0. The van der Waals surface area contributed by atoms with Crippen molar-refractivity contribution in [2.75, 3.05) is 38.3 Å². The van der Waals surface area contributed by atoms with Crippen molar-refractivity contribution in [2.45, 2.75) is 13.8 Å². The summed E-state index contributed by atoms with van der Waals surface area (Å²) < 4.78 is 12.9. The fourth-order valence-corrected chi connectivity index (χ4v) is 3.76. The maximum atomic E-state index is 5.43. The van der Waals surface area contributed by atoms with Crippen molar-refractivity contribution in [1.29, 1.82) is 0 Å². The molecule has 0 aliphatic carbocycles. The van der Waals surface area contributed by atoms with Crippen LogP contribution >= 0.6 is 0 Å². The molecule has 2 heterocycles. The van der Waals surface area contributed by atoms with Gasteiger partial charge in [-0.3, -0.25) is 4.99 Å². The van der Waals surface area contributed by atoms with Gasteiger partial charge < -0.3 is 18.9 Å². The van der Waals surface area contributed by atoms with Crippen molar-refractivity contribution in [3.05, 3.63) is 71.5 Å². The average molecular weight is 389 g/mol. The van der Waals surface area contributed by atoms with Gasteiger partial charge in [-0.15, -0.1) is 0 Å². The molecular formula is C24H27N3O2. The first-order valence-electron chi connectivity index (χ1n) is 9.96.